The molecule has 2 atom stereocenters. The lowest BCUT2D eigenvalue weighted by atomic mass is 9.73. The third-order valence-corrected chi connectivity index (χ3v) is 5.98. The van der Waals surface area contributed by atoms with Crippen molar-refractivity contribution in [2.24, 2.45) is 11.8 Å². The minimum Gasteiger partial charge on any atom is -0.403 e. The third-order valence-electron chi connectivity index (χ3n) is 5.98. The lowest BCUT2D eigenvalue weighted by Gasteiger charge is -2.32. The highest BCUT2D eigenvalue weighted by molar-refractivity contribution is 6.45. The van der Waals surface area contributed by atoms with Gasteiger partial charge in [-0.25, -0.2) is 0 Å². The Balaban J connectivity index is 1.67. The van der Waals surface area contributed by atoms with Gasteiger partial charge in [-0.3, -0.25) is 0 Å². The van der Waals surface area contributed by atoms with Crippen molar-refractivity contribution in [2.75, 3.05) is 0 Å². The van der Waals surface area contributed by atoms with Crippen LogP contribution in [-0.4, -0.2) is 24.6 Å². The third kappa shape index (κ3) is 4.33. The first-order chi connectivity index (χ1) is 12.7. The monoisotopic (exact) mass is 364 g/mol. The summed E-state index contributed by atoms with van der Waals surface area (Å²) < 4.78 is 12.1. The Hall–Kier alpha value is -1.91. The van der Waals surface area contributed by atoms with Crippen molar-refractivity contribution in [1.29, 1.82) is 0 Å². The van der Waals surface area contributed by atoms with Crippen LogP contribution in [-0.2, 0) is 14.1 Å². The number of fused-ring (bicyclic) bond motifs is 1. The average Bonchev–Trinajstić information content (AvgIpc) is 2.84. The number of hydrogen-bond acceptors (Lipinski definition) is 3. The molecule has 0 amide bonds. The van der Waals surface area contributed by atoms with Gasteiger partial charge >= 0.3 is 7.12 Å². The van der Waals surface area contributed by atoms with Crippen LogP contribution in [0.4, 0.5) is 0 Å². The summed E-state index contributed by atoms with van der Waals surface area (Å²) in [6, 6.07) is 14.7. The molecule has 1 saturated heterocycles. The van der Waals surface area contributed by atoms with Gasteiger partial charge in [0.1, 0.15) is 6.29 Å². The van der Waals surface area contributed by atoms with E-state index < -0.39 is 0 Å². The minimum absolute atomic E-state index is 0.105. The molecule has 142 valence electrons. The molecule has 4 heteroatoms. The van der Waals surface area contributed by atoms with E-state index in [9.17, 15) is 4.79 Å². The number of carbonyl (C=O) groups is 1. The summed E-state index contributed by atoms with van der Waals surface area (Å²) in [6.07, 6.45) is 5.80. The first-order valence-corrected chi connectivity index (χ1v) is 9.70. The molecule has 0 aliphatic carbocycles. The fourth-order valence-corrected chi connectivity index (χ4v) is 3.39. The molecule has 3 rings (SSSR count). The van der Waals surface area contributed by atoms with Crippen LogP contribution in [0.2, 0.25) is 6.32 Å². The second-order valence-corrected chi connectivity index (χ2v) is 8.55. The lowest BCUT2D eigenvalue weighted by molar-refractivity contribution is -0.111. The molecular weight excluding hydrogens is 335 g/mol. The number of rotatable bonds is 6. The summed E-state index contributed by atoms with van der Waals surface area (Å²) in [7, 11) is -0.346. The number of aldehydes is 1. The molecule has 1 aliphatic heterocycles. The van der Waals surface area contributed by atoms with E-state index in [1.807, 2.05) is 39.8 Å². The maximum Gasteiger partial charge on any atom is 0.458 e. The smallest absolute Gasteiger partial charge is 0.403 e. The molecule has 0 saturated carbocycles. The lowest BCUT2D eigenvalue weighted by Crippen LogP contribution is -2.41. The molecule has 2 aromatic carbocycles. The fraction of sp³-hybridized carbons (Fsp3) is 0.435. The SMILES string of the molecule is C[C@H](/C=C/c1ccc2ccccc2c1)[C@@H](C=O)CB1OC(C)(C)C(C)(C)O1. The topological polar surface area (TPSA) is 35.5 Å². The molecule has 0 aromatic heterocycles. The van der Waals surface area contributed by atoms with E-state index in [2.05, 4.69) is 49.4 Å². The normalized spacial score (nSPS) is 20.9. The maximum atomic E-state index is 11.7. The van der Waals surface area contributed by atoms with Crippen LogP contribution < -0.4 is 0 Å². The van der Waals surface area contributed by atoms with Crippen molar-refractivity contribution in [1.82, 2.24) is 0 Å². The van der Waals surface area contributed by atoms with Gasteiger partial charge in [-0.15, -0.1) is 0 Å². The van der Waals surface area contributed by atoms with Crippen LogP contribution in [0.15, 0.2) is 48.5 Å². The van der Waals surface area contributed by atoms with E-state index >= 15 is 0 Å². The second-order valence-electron chi connectivity index (χ2n) is 8.55. The van der Waals surface area contributed by atoms with E-state index in [-0.39, 0.29) is 30.2 Å². The molecule has 1 heterocycles. The number of allylic oxidation sites excluding steroid dienone is 1. The molecule has 0 unspecified atom stereocenters. The van der Waals surface area contributed by atoms with Gasteiger partial charge < -0.3 is 14.1 Å². The molecule has 1 aliphatic rings. The molecule has 3 nitrogen and oxygen atoms in total. The molecule has 0 N–H and O–H groups in total. The van der Waals surface area contributed by atoms with Crippen molar-refractivity contribution in [3.05, 3.63) is 54.1 Å². The van der Waals surface area contributed by atoms with Gasteiger partial charge in [-0.05, 0) is 62.3 Å². The van der Waals surface area contributed by atoms with Crippen molar-refractivity contribution in [3.63, 3.8) is 0 Å². The summed E-state index contributed by atoms with van der Waals surface area (Å²) in [5.41, 5.74) is 0.408. The van der Waals surface area contributed by atoms with E-state index in [4.69, 9.17) is 9.31 Å². The predicted octanol–water partition coefficient (Wildman–Crippen LogP) is 5.40. The van der Waals surface area contributed by atoms with Crippen LogP contribution in [0.3, 0.4) is 0 Å². The Morgan fingerprint density at radius 1 is 1.00 bits per heavy atom. The van der Waals surface area contributed by atoms with Crippen LogP contribution in [0.25, 0.3) is 16.8 Å². The molecule has 1 fully saturated rings. The van der Waals surface area contributed by atoms with Gasteiger partial charge in [0.05, 0.1) is 11.2 Å². The summed E-state index contributed by atoms with van der Waals surface area (Å²) in [6.45, 7) is 10.2. The molecule has 0 bridgehead atoms. The molecular formula is C23H29BO3. The summed E-state index contributed by atoms with van der Waals surface area (Å²) in [5.74, 6) is -0.0376. The molecule has 0 radical (unpaired) electrons. The molecule has 27 heavy (non-hydrogen) atoms. The van der Waals surface area contributed by atoms with Crippen molar-refractivity contribution >= 4 is 30.3 Å². The fourth-order valence-electron chi connectivity index (χ4n) is 3.39. The summed E-state index contributed by atoms with van der Waals surface area (Å²) >= 11 is 0. The summed E-state index contributed by atoms with van der Waals surface area (Å²) in [4.78, 5) is 11.7. The highest BCUT2D eigenvalue weighted by atomic mass is 16.7. The average molecular weight is 364 g/mol. The Labute approximate surface area is 162 Å². The van der Waals surface area contributed by atoms with Crippen LogP contribution >= 0.6 is 0 Å². The van der Waals surface area contributed by atoms with E-state index in [0.29, 0.717) is 6.32 Å². The predicted molar refractivity (Wildman–Crippen MR) is 113 cm³/mol. The van der Waals surface area contributed by atoms with E-state index in [1.165, 1.54) is 10.8 Å². The highest BCUT2D eigenvalue weighted by Gasteiger charge is 2.51. The van der Waals surface area contributed by atoms with Gasteiger partial charge in [-0.2, -0.15) is 0 Å². The van der Waals surface area contributed by atoms with Gasteiger partial charge in [0.25, 0.3) is 0 Å². The van der Waals surface area contributed by atoms with Gasteiger partial charge in [0.2, 0.25) is 0 Å². The van der Waals surface area contributed by atoms with Crippen molar-refractivity contribution in [3.8, 4) is 0 Å². The Kier molecular flexibility index (Phi) is 5.59. The highest BCUT2D eigenvalue weighted by Crippen LogP contribution is 2.39. The number of benzene rings is 2. The number of carbonyl (C=O) groups excluding carboxylic acids is 1. The largest absolute Gasteiger partial charge is 0.458 e. The second kappa shape index (κ2) is 7.61. The quantitative estimate of drug-likeness (QED) is 0.509. The van der Waals surface area contributed by atoms with Crippen molar-refractivity contribution < 1.29 is 14.1 Å². The van der Waals surface area contributed by atoms with Gasteiger partial charge in [0, 0.05) is 5.92 Å². The first kappa shape index (κ1) is 19.8. The van der Waals surface area contributed by atoms with Gasteiger partial charge in [0.15, 0.2) is 0 Å². The Bertz CT molecular complexity index is 824. The first-order valence-electron chi connectivity index (χ1n) is 9.70. The standard InChI is InChI=1S/C23H29BO3/c1-17(10-11-18-12-13-19-8-6-7-9-20(19)14-18)21(16-25)15-24-26-22(2,3)23(4,5)27-24/h6-14,16-17,21H,15H2,1-5H3/b11-10+/t17-,21-/m1/s1. The maximum absolute atomic E-state index is 11.7. The van der Waals surface area contributed by atoms with Crippen LogP contribution in [0, 0.1) is 11.8 Å². The zero-order chi connectivity index (χ0) is 19.7. The van der Waals surface area contributed by atoms with E-state index in [1.54, 1.807) is 0 Å². The zero-order valence-electron chi connectivity index (χ0n) is 16.9. The van der Waals surface area contributed by atoms with Crippen molar-refractivity contribution in [2.45, 2.75) is 52.1 Å². The molecule has 0 spiro atoms. The number of hydrogen-bond donors (Lipinski definition) is 0. The van der Waals surface area contributed by atoms with Crippen LogP contribution in [0.5, 0.6) is 0 Å². The Morgan fingerprint density at radius 3 is 2.26 bits per heavy atom. The van der Waals surface area contributed by atoms with Gasteiger partial charge in [-0.1, -0.05) is 55.5 Å². The summed E-state index contributed by atoms with van der Waals surface area (Å²) in [5, 5.41) is 2.45. The van der Waals surface area contributed by atoms with Crippen LogP contribution in [0.1, 0.15) is 40.2 Å². The zero-order valence-corrected chi connectivity index (χ0v) is 16.9. The Morgan fingerprint density at radius 2 is 1.63 bits per heavy atom. The molecule has 2 aromatic rings. The van der Waals surface area contributed by atoms with E-state index in [0.717, 1.165) is 11.8 Å². The minimum atomic E-state index is -0.366.